The van der Waals surface area contributed by atoms with E-state index in [9.17, 15) is 4.79 Å². The van der Waals surface area contributed by atoms with Crippen molar-refractivity contribution in [3.63, 3.8) is 0 Å². The summed E-state index contributed by atoms with van der Waals surface area (Å²) in [6, 6.07) is -0.117. The fraction of sp³-hybridized carbons (Fsp3) is 0.667. The zero-order chi connectivity index (χ0) is 12.8. The lowest BCUT2D eigenvalue weighted by Crippen LogP contribution is -2.44. The highest BCUT2D eigenvalue weighted by Crippen LogP contribution is 2.09. The number of hydrogen-bond donors (Lipinski definition) is 1. The molecule has 0 aliphatic heterocycles. The maximum atomic E-state index is 12.0. The predicted molar refractivity (Wildman–Crippen MR) is 70.9 cm³/mol. The van der Waals surface area contributed by atoms with Gasteiger partial charge in [-0.25, -0.2) is 4.98 Å². The summed E-state index contributed by atoms with van der Waals surface area (Å²) in [7, 11) is 3.58. The molecule has 0 spiro atoms. The number of likely N-dealkylation sites (N-methyl/N-ethyl adjacent to an activating group) is 1. The van der Waals surface area contributed by atoms with Crippen LogP contribution < -0.4 is 5.32 Å². The van der Waals surface area contributed by atoms with Gasteiger partial charge in [0, 0.05) is 32.2 Å². The van der Waals surface area contributed by atoms with Gasteiger partial charge in [-0.3, -0.25) is 10.1 Å². The van der Waals surface area contributed by atoms with E-state index < -0.39 is 0 Å². The Morgan fingerprint density at radius 2 is 2.24 bits per heavy atom. The number of carbonyl (C=O) groups is 1. The van der Waals surface area contributed by atoms with Gasteiger partial charge >= 0.3 is 0 Å². The summed E-state index contributed by atoms with van der Waals surface area (Å²) in [5, 5.41) is 6.26. The maximum absolute atomic E-state index is 12.0. The fourth-order valence-corrected chi connectivity index (χ4v) is 2.17. The van der Waals surface area contributed by atoms with E-state index in [1.165, 1.54) is 0 Å². The molecule has 0 aromatic carbocycles. The third kappa shape index (κ3) is 4.83. The van der Waals surface area contributed by atoms with Crippen LogP contribution in [-0.4, -0.2) is 35.9 Å². The van der Waals surface area contributed by atoms with E-state index in [0.717, 1.165) is 11.4 Å². The van der Waals surface area contributed by atoms with Crippen LogP contribution in [0, 0.1) is 5.92 Å². The normalized spacial score (nSPS) is 12.8. The van der Waals surface area contributed by atoms with Gasteiger partial charge in [0.25, 0.3) is 0 Å². The summed E-state index contributed by atoms with van der Waals surface area (Å²) >= 11 is 1.61. The standard InChI is InChI=1S/C12H21N3OS/c1-9(2)7-10(12(16)15(3)4)14-8-11-13-5-6-17-11/h5-6,9-10,14H,7-8H2,1-4H3. The quantitative estimate of drug-likeness (QED) is 0.842. The monoisotopic (exact) mass is 255 g/mol. The number of nitrogens with one attached hydrogen (secondary N) is 1. The molecule has 1 unspecified atom stereocenters. The second kappa shape index (κ2) is 6.71. The number of aromatic nitrogens is 1. The molecular formula is C12H21N3OS. The highest BCUT2D eigenvalue weighted by atomic mass is 32.1. The number of amides is 1. The smallest absolute Gasteiger partial charge is 0.239 e. The predicted octanol–water partition coefficient (Wildman–Crippen LogP) is 1.74. The average molecular weight is 255 g/mol. The number of hydrogen-bond acceptors (Lipinski definition) is 4. The number of rotatable bonds is 6. The Balaban J connectivity index is 2.54. The minimum atomic E-state index is -0.117. The summed E-state index contributed by atoms with van der Waals surface area (Å²) in [4.78, 5) is 17.8. The lowest BCUT2D eigenvalue weighted by atomic mass is 10.0. The molecule has 5 heteroatoms. The van der Waals surface area contributed by atoms with Crippen molar-refractivity contribution in [1.82, 2.24) is 15.2 Å². The first-order valence-corrected chi connectivity index (χ1v) is 6.71. The summed E-state index contributed by atoms with van der Waals surface area (Å²) in [6.07, 6.45) is 2.63. The number of thiazole rings is 1. The minimum absolute atomic E-state index is 0.117. The Morgan fingerprint density at radius 3 is 2.71 bits per heavy atom. The zero-order valence-electron chi connectivity index (χ0n) is 10.9. The Labute approximate surface area is 107 Å². The topological polar surface area (TPSA) is 45.2 Å². The third-order valence-electron chi connectivity index (χ3n) is 2.43. The van der Waals surface area contributed by atoms with Crippen molar-refractivity contribution in [3.8, 4) is 0 Å². The molecule has 0 saturated carbocycles. The van der Waals surface area contributed by atoms with E-state index in [0.29, 0.717) is 12.5 Å². The summed E-state index contributed by atoms with van der Waals surface area (Å²) in [6.45, 7) is 4.91. The second-order valence-electron chi connectivity index (χ2n) is 4.72. The largest absolute Gasteiger partial charge is 0.347 e. The summed E-state index contributed by atoms with van der Waals surface area (Å²) < 4.78 is 0. The van der Waals surface area contributed by atoms with Crippen molar-refractivity contribution in [2.24, 2.45) is 5.92 Å². The number of carbonyl (C=O) groups excluding carboxylic acids is 1. The van der Waals surface area contributed by atoms with Crippen molar-refractivity contribution < 1.29 is 4.79 Å². The summed E-state index contributed by atoms with van der Waals surface area (Å²) in [5.41, 5.74) is 0. The number of nitrogens with zero attached hydrogens (tertiary/aromatic N) is 2. The molecule has 0 radical (unpaired) electrons. The van der Waals surface area contributed by atoms with Crippen LogP contribution in [0.15, 0.2) is 11.6 Å². The molecule has 17 heavy (non-hydrogen) atoms. The first-order valence-electron chi connectivity index (χ1n) is 5.83. The first-order chi connectivity index (χ1) is 8.00. The molecule has 96 valence electrons. The lowest BCUT2D eigenvalue weighted by molar-refractivity contribution is -0.131. The van der Waals surface area contributed by atoms with Gasteiger partial charge in [-0.2, -0.15) is 0 Å². The van der Waals surface area contributed by atoms with Gasteiger partial charge in [0.05, 0.1) is 6.04 Å². The Kier molecular flexibility index (Phi) is 5.58. The van der Waals surface area contributed by atoms with Crippen molar-refractivity contribution in [2.45, 2.75) is 32.9 Å². The van der Waals surface area contributed by atoms with Crippen LogP contribution >= 0.6 is 11.3 Å². The SMILES string of the molecule is CC(C)CC(NCc1nccs1)C(=O)N(C)C. The molecule has 0 bridgehead atoms. The van der Waals surface area contributed by atoms with E-state index in [1.807, 2.05) is 5.38 Å². The van der Waals surface area contributed by atoms with E-state index in [-0.39, 0.29) is 11.9 Å². The maximum Gasteiger partial charge on any atom is 0.239 e. The van der Waals surface area contributed by atoms with Gasteiger partial charge < -0.3 is 4.90 Å². The molecule has 1 aromatic heterocycles. The first kappa shape index (κ1) is 14.1. The van der Waals surface area contributed by atoms with Gasteiger partial charge in [0.15, 0.2) is 0 Å². The molecule has 1 atom stereocenters. The van der Waals surface area contributed by atoms with Crippen LogP contribution in [0.2, 0.25) is 0 Å². The van der Waals surface area contributed by atoms with E-state index >= 15 is 0 Å². The highest BCUT2D eigenvalue weighted by molar-refractivity contribution is 7.09. The van der Waals surface area contributed by atoms with Gasteiger partial charge in [-0.05, 0) is 12.3 Å². The third-order valence-corrected chi connectivity index (χ3v) is 3.21. The Bertz CT molecular complexity index is 336. The van der Waals surface area contributed by atoms with Gasteiger partial charge in [0.2, 0.25) is 5.91 Å². The van der Waals surface area contributed by atoms with Gasteiger partial charge in [-0.15, -0.1) is 11.3 Å². The van der Waals surface area contributed by atoms with Crippen LogP contribution in [0.25, 0.3) is 0 Å². The van der Waals surface area contributed by atoms with Crippen molar-refractivity contribution in [3.05, 3.63) is 16.6 Å². The molecule has 1 rings (SSSR count). The molecule has 0 saturated heterocycles. The van der Waals surface area contributed by atoms with Crippen LogP contribution in [-0.2, 0) is 11.3 Å². The van der Waals surface area contributed by atoms with Crippen molar-refractivity contribution >= 4 is 17.2 Å². The second-order valence-corrected chi connectivity index (χ2v) is 5.70. The molecule has 1 N–H and O–H groups in total. The molecule has 1 amide bonds. The van der Waals surface area contributed by atoms with Gasteiger partial charge in [-0.1, -0.05) is 13.8 Å². The molecule has 4 nitrogen and oxygen atoms in total. The molecule has 0 aliphatic rings. The van der Waals surface area contributed by atoms with E-state index in [2.05, 4.69) is 24.1 Å². The van der Waals surface area contributed by atoms with E-state index in [1.54, 1.807) is 36.5 Å². The highest BCUT2D eigenvalue weighted by Gasteiger charge is 2.20. The zero-order valence-corrected chi connectivity index (χ0v) is 11.8. The molecule has 1 heterocycles. The van der Waals surface area contributed by atoms with Crippen molar-refractivity contribution in [2.75, 3.05) is 14.1 Å². The van der Waals surface area contributed by atoms with Crippen LogP contribution in [0.4, 0.5) is 0 Å². The average Bonchev–Trinajstić information content (AvgIpc) is 2.75. The van der Waals surface area contributed by atoms with Crippen LogP contribution in [0.3, 0.4) is 0 Å². The van der Waals surface area contributed by atoms with E-state index in [4.69, 9.17) is 0 Å². The van der Waals surface area contributed by atoms with Crippen molar-refractivity contribution in [1.29, 1.82) is 0 Å². The van der Waals surface area contributed by atoms with Gasteiger partial charge in [0.1, 0.15) is 5.01 Å². The summed E-state index contributed by atoms with van der Waals surface area (Å²) in [5.74, 6) is 0.628. The molecule has 1 aromatic rings. The molecule has 0 aliphatic carbocycles. The Hall–Kier alpha value is -0.940. The van der Waals surface area contributed by atoms with Crippen LogP contribution in [0.5, 0.6) is 0 Å². The molecule has 0 fully saturated rings. The fourth-order valence-electron chi connectivity index (χ4n) is 1.61. The minimum Gasteiger partial charge on any atom is -0.347 e. The Morgan fingerprint density at radius 1 is 1.53 bits per heavy atom. The lowest BCUT2D eigenvalue weighted by Gasteiger charge is -2.22. The molecular weight excluding hydrogens is 234 g/mol. The van der Waals surface area contributed by atoms with Crippen LogP contribution in [0.1, 0.15) is 25.3 Å².